The first kappa shape index (κ1) is 10.7. The summed E-state index contributed by atoms with van der Waals surface area (Å²) < 4.78 is 1.55. The average Bonchev–Trinajstić information content (AvgIpc) is 2.58. The molecule has 7 heteroatoms. The summed E-state index contributed by atoms with van der Waals surface area (Å²) in [6.45, 7) is 3.95. The third-order valence-corrected chi connectivity index (χ3v) is 2.84. The van der Waals surface area contributed by atoms with Gasteiger partial charge in [-0.3, -0.25) is 9.36 Å². The van der Waals surface area contributed by atoms with Crippen molar-refractivity contribution in [2.45, 2.75) is 20.4 Å². The number of nitrogens with zero attached hydrogens (tertiary/aromatic N) is 4. The van der Waals surface area contributed by atoms with E-state index in [0.717, 1.165) is 5.69 Å². The lowest BCUT2D eigenvalue weighted by Gasteiger charge is -2.06. The summed E-state index contributed by atoms with van der Waals surface area (Å²) in [5, 5.41) is 8.68. The van der Waals surface area contributed by atoms with Crippen LogP contribution in [0.15, 0.2) is 10.9 Å². The van der Waals surface area contributed by atoms with Crippen LogP contribution >= 0.6 is 11.3 Å². The van der Waals surface area contributed by atoms with Gasteiger partial charge in [0, 0.05) is 11.8 Å². The van der Waals surface area contributed by atoms with Crippen molar-refractivity contribution in [1.29, 1.82) is 0 Å². The maximum atomic E-state index is 11.7. The zero-order valence-corrected chi connectivity index (χ0v) is 9.78. The lowest BCUT2D eigenvalue weighted by Crippen LogP contribution is -2.24. The Hall–Kier alpha value is -1.76. The third-order valence-electron chi connectivity index (χ3n) is 2.10. The molecule has 0 bridgehead atoms. The third kappa shape index (κ3) is 2.08. The van der Waals surface area contributed by atoms with Gasteiger partial charge in [-0.05, 0) is 13.8 Å². The molecule has 0 atom stereocenters. The molecule has 0 unspecified atom stereocenters. The number of hydrogen-bond acceptors (Lipinski definition) is 6. The molecule has 2 rings (SSSR count). The van der Waals surface area contributed by atoms with Gasteiger partial charge in [0.15, 0.2) is 0 Å². The van der Waals surface area contributed by atoms with Gasteiger partial charge in [0.2, 0.25) is 5.13 Å². The minimum Gasteiger partial charge on any atom is -0.374 e. The molecule has 0 amide bonds. The predicted octanol–water partition coefficient (Wildman–Crippen LogP) is 0.342. The molecule has 0 fully saturated rings. The highest BCUT2D eigenvalue weighted by Crippen LogP contribution is 2.12. The summed E-state index contributed by atoms with van der Waals surface area (Å²) in [7, 11) is 0. The van der Waals surface area contributed by atoms with Gasteiger partial charge < -0.3 is 5.73 Å². The summed E-state index contributed by atoms with van der Waals surface area (Å²) in [5.41, 5.74) is 6.11. The minimum absolute atomic E-state index is 0.0845. The van der Waals surface area contributed by atoms with Gasteiger partial charge >= 0.3 is 0 Å². The number of aromatic nitrogens is 4. The van der Waals surface area contributed by atoms with Crippen LogP contribution in [0, 0.1) is 13.8 Å². The fraction of sp³-hybridized carbons (Fsp3) is 0.333. The molecule has 0 aliphatic rings. The van der Waals surface area contributed by atoms with E-state index < -0.39 is 0 Å². The van der Waals surface area contributed by atoms with Crippen molar-refractivity contribution in [1.82, 2.24) is 19.7 Å². The van der Waals surface area contributed by atoms with Crippen molar-refractivity contribution in [2.24, 2.45) is 0 Å². The first-order valence-corrected chi connectivity index (χ1v) is 5.51. The number of rotatable bonds is 2. The highest BCUT2D eigenvalue weighted by Gasteiger charge is 2.07. The van der Waals surface area contributed by atoms with Crippen molar-refractivity contribution in [3.05, 3.63) is 32.9 Å². The van der Waals surface area contributed by atoms with Crippen LogP contribution in [0.1, 0.15) is 16.5 Å². The summed E-state index contributed by atoms with van der Waals surface area (Å²) in [6, 6.07) is 1.50. The number of anilines is 1. The Balaban J connectivity index is 2.38. The Morgan fingerprint density at radius 2 is 2.19 bits per heavy atom. The molecule has 0 aromatic carbocycles. The Morgan fingerprint density at radius 3 is 2.75 bits per heavy atom. The molecule has 0 aliphatic heterocycles. The van der Waals surface area contributed by atoms with E-state index in [1.807, 2.05) is 0 Å². The van der Waals surface area contributed by atoms with Crippen molar-refractivity contribution in [2.75, 3.05) is 5.73 Å². The van der Waals surface area contributed by atoms with E-state index in [9.17, 15) is 4.79 Å². The Kier molecular flexibility index (Phi) is 2.69. The summed E-state index contributed by atoms with van der Waals surface area (Å²) in [4.78, 5) is 15.9. The standard InChI is InChI=1S/C9H11N5OS/c1-5-3-8(15)14(6(2)11-5)4-7-12-13-9(10)16-7/h3H,4H2,1-2H3,(H2,10,13). The van der Waals surface area contributed by atoms with Gasteiger partial charge in [-0.15, -0.1) is 10.2 Å². The molecule has 16 heavy (non-hydrogen) atoms. The van der Waals surface area contributed by atoms with E-state index in [2.05, 4.69) is 15.2 Å². The molecule has 0 spiro atoms. The van der Waals surface area contributed by atoms with E-state index in [0.29, 0.717) is 22.5 Å². The maximum Gasteiger partial charge on any atom is 0.254 e. The van der Waals surface area contributed by atoms with Crippen LogP contribution in [-0.4, -0.2) is 19.7 Å². The molecule has 6 nitrogen and oxygen atoms in total. The van der Waals surface area contributed by atoms with Crippen LogP contribution in [0.2, 0.25) is 0 Å². The Morgan fingerprint density at radius 1 is 1.44 bits per heavy atom. The number of hydrogen-bond donors (Lipinski definition) is 1. The SMILES string of the molecule is Cc1cc(=O)n(Cc2nnc(N)s2)c(C)n1. The second kappa shape index (κ2) is 4.01. The van der Waals surface area contributed by atoms with Crippen LogP contribution in [0.5, 0.6) is 0 Å². The number of nitrogen functional groups attached to an aromatic ring is 1. The predicted molar refractivity (Wildman–Crippen MR) is 61.4 cm³/mol. The highest BCUT2D eigenvalue weighted by molar-refractivity contribution is 7.15. The number of aryl methyl sites for hydroxylation is 2. The molecular formula is C9H11N5OS. The lowest BCUT2D eigenvalue weighted by molar-refractivity contribution is 0.685. The van der Waals surface area contributed by atoms with E-state index in [4.69, 9.17) is 5.73 Å². The van der Waals surface area contributed by atoms with Crippen molar-refractivity contribution < 1.29 is 0 Å². The monoisotopic (exact) mass is 237 g/mol. The van der Waals surface area contributed by atoms with E-state index in [-0.39, 0.29) is 5.56 Å². The molecule has 2 heterocycles. The first-order chi connectivity index (χ1) is 7.56. The highest BCUT2D eigenvalue weighted by atomic mass is 32.1. The fourth-order valence-electron chi connectivity index (χ4n) is 1.42. The van der Waals surface area contributed by atoms with Crippen LogP contribution in [0.4, 0.5) is 5.13 Å². The largest absolute Gasteiger partial charge is 0.374 e. The zero-order valence-electron chi connectivity index (χ0n) is 8.97. The summed E-state index contributed by atoms with van der Waals surface area (Å²) in [6.07, 6.45) is 0. The minimum atomic E-state index is -0.0845. The van der Waals surface area contributed by atoms with Gasteiger partial charge in [-0.25, -0.2) is 4.98 Å². The molecule has 0 radical (unpaired) electrons. The molecule has 2 aromatic heterocycles. The van der Waals surface area contributed by atoms with Crippen LogP contribution in [0.3, 0.4) is 0 Å². The second-order valence-corrected chi connectivity index (χ2v) is 4.50. The normalized spacial score (nSPS) is 10.6. The molecule has 0 aliphatic carbocycles. The average molecular weight is 237 g/mol. The topological polar surface area (TPSA) is 86.7 Å². The van der Waals surface area contributed by atoms with Gasteiger partial charge in [0.05, 0.1) is 6.54 Å². The van der Waals surface area contributed by atoms with Gasteiger partial charge in [0.1, 0.15) is 10.8 Å². The Bertz CT molecular complexity index is 574. The van der Waals surface area contributed by atoms with Gasteiger partial charge in [0.25, 0.3) is 5.56 Å². The maximum absolute atomic E-state index is 11.7. The van der Waals surface area contributed by atoms with Crippen LogP contribution < -0.4 is 11.3 Å². The molecular weight excluding hydrogens is 226 g/mol. The van der Waals surface area contributed by atoms with E-state index in [1.54, 1.807) is 18.4 Å². The summed E-state index contributed by atoms with van der Waals surface area (Å²) >= 11 is 1.27. The van der Waals surface area contributed by atoms with Gasteiger partial charge in [-0.1, -0.05) is 11.3 Å². The van der Waals surface area contributed by atoms with Crippen molar-refractivity contribution >= 4 is 16.5 Å². The first-order valence-electron chi connectivity index (χ1n) is 4.69. The quantitative estimate of drug-likeness (QED) is 0.814. The number of nitrogens with two attached hydrogens (primary N) is 1. The molecule has 0 saturated carbocycles. The molecule has 2 aromatic rings. The molecule has 2 N–H and O–H groups in total. The second-order valence-electron chi connectivity index (χ2n) is 3.40. The lowest BCUT2D eigenvalue weighted by atomic mass is 10.4. The van der Waals surface area contributed by atoms with E-state index in [1.165, 1.54) is 17.4 Å². The van der Waals surface area contributed by atoms with Crippen molar-refractivity contribution in [3.63, 3.8) is 0 Å². The Labute approximate surface area is 95.8 Å². The molecule has 0 saturated heterocycles. The molecule has 84 valence electrons. The van der Waals surface area contributed by atoms with Gasteiger partial charge in [-0.2, -0.15) is 0 Å². The summed E-state index contributed by atoms with van der Waals surface area (Å²) in [5.74, 6) is 0.666. The zero-order chi connectivity index (χ0) is 11.7. The van der Waals surface area contributed by atoms with Crippen molar-refractivity contribution in [3.8, 4) is 0 Å². The van der Waals surface area contributed by atoms with Crippen LogP contribution in [0.25, 0.3) is 0 Å². The fourth-order valence-corrected chi connectivity index (χ4v) is 2.02. The smallest absolute Gasteiger partial charge is 0.254 e. The van der Waals surface area contributed by atoms with Crippen LogP contribution in [-0.2, 0) is 6.54 Å². The van der Waals surface area contributed by atoms with E-state index >= 15 is 0 Å².